The molecule has 6 heteroatoms. The first-order chi connectivity index (χ1) is 9.17. The molecule has 110 valence electrons. The molecule has 0 atom stereocenters. The van der Waals surface area contributed by atoms with Crippen molar-refractivity contribution in [3.8, 4) is 0 Å². The van der Waals surface area contributed by atoms with E-state index in [2.05, 4.69) is 26.6 Å². The Kier molecular flexibility index (Phi) is 5.56. The predicted molar refractivity (Wildman–Crippen MR) is 83.4 cm³/mol. The highest BCUT2D eigenvalue weighted by Crippen LogP contribution is 2.17. The maximum absolute atomic E-state index is 11.9. The number of anilines is 1. The Bertz CT molecular complexity index is 489. The molecule has 0 bridgehead atoms. The normalized spacial score (nSPS) is 11.0. The summed E-state index contributed by atoms with van der Waals surface area (Å²) in [5.74, 6) is -0.340. The smallest absolute Gasteiger partial charge is 0.251 e. The van der Waals surface area contributed by atoms with Crippen LogP contribution in [0.15, 0.2) is 22.7 Å². The minimum Gasteiger partial charge on any atom is -0.399 e. The van der Waals surface area contributed by atoms with Crippen molar-refractivity contribution in [3.05, 3.63) is 28.2 Å². The fourth-order valence-electron chi connectivity index (χ4n) is 1.62. The third-order valence-electron chi connectivity index (χ3n) is 2.33. The summed E-state index contributed by atoms with van der Waals surface area (Å²) in [6.45, 7) is 6.02. The van der Waals surface area contributed by atoms with Crippen molar-refractivity contribution in [1.82, 2.24) is 10.6 Å². The predicted octanol–water partition coefficient (Wildman–Crippen LogP) is 2.07. The molecule has 0 unspecified atom stereocenters. The van der Waals surface area contributed by atoms with Crippen molar-refractivity contribution < 1.29 is 9.59 Å². The first-order valence-electron chi connectivity index (χ1n) is 6.33. The Morgan fingerprint density at radius 1 is 1.25 bits per heavy atom. The molecule has 0 aliphatic carbocycles. The highest BCUT2D eigenvalue weighted by Gasteiger charge is 2.14. The van der Waals surface area contributed by atoms with Crippen LogP contribution in [-0.2, 0) is 4.79 Å². The number of hydrogen-bond acceptors (Lipinski definition) is 3. The van der Waals surface area contributed by atoms with Gasteiger partial charge in [0.1, 0.15) is 0 Å². The highest BCUT2D eigenvalue weighted by molar-refractivity contribution is 9.10. The first-order valence-corrected chi connectivity index (χ1v) is 7.12. The summed E-state index contributed by atoms with van der Waals surface area (Å²) in [6.07, 6.45) is 0.243. The number of amides is 2. The average Bonchev–Trinajstić information content (AvgIpc) is 2.24. The molecule has 0 fully saturated rings. The summed E-state index contributed by atoms with van der Waals surface area (Å²) in [6, 6.07) is 4.99. The summed E-state index contributed by atoms with van der Waals surface area (Å²) in [5.41, 5.74) is 6.38. The van der Waals surface area contributed by atoms with Crippen molar-refractivity contribution in [2.24, 2.45) is 0 Å². The number of carbonyl (C=O) groups is 2. The Hall–Kier alpha value is -1.56. The first kappa shape index (κ1) is 16.5. The van der Waals surface area contributed by atoms with Crippen molar-refractivity contribution in [2.45, 2.75) is 32.7 Å². The lowest BCUT2D eigenvalue weighted by Gasteiger charge is -2.20. The van der Waals surface area contributed by atoms with E-state index in [-0.39, 0.29) is 30.3 Å². The van der Waals surface area contributed by atoms with E-state index in [1.54, 1.807) is 18.2 Å². The maximum Gasteiger partial charge on any atom is 0.251 e. The van der Waals surface area contributed by atoms with E-state index < -0.39 is 0 Å². The van der Waals surface area contributed by atoms with Crippen LogP contribution < -0.4 is 16.4 Å². The standard InChI is InChI=1S/C14H20BrN3O2/c1-14(2,3)18-12(19)4-5-17-13(20)9-6-10(15)8-11(16)7-9/h6-8H,4-5,16H2,1-3H3,(H,17,20)(H,18,19). The van der Waals surface area contributed by atoms with E-state index in [4.69, 9.17) is 5.73 Å². The van der Waals surface area contributed by atoms with Gasteiger partial charge in [-0.3, -0.25) is 9.59 Å². The summed E-state index contributed by atoms with van der Waals surface area (Å²) in [7, 11) is 0. The van der Waals surface area contributed by atoms with Crippen LogP contribution in [0.4, 0.5) is 5.69 Å². The van der Waals surface area contributed by atoms with Crippen LogP contribution in [0, 0.1) is 0 Å². The second-order valence-corrected chi connectivity index (χ2v) is 6.49. The third kappa shape index (κ3) is 6.06. The van der Waals surface area contributed by atoms with Crippen molar-refractivity contribution in [3.63, 3.8) is 0 Å². The van der Waals surface area contributed by atoms with Crippen LogP contribution in [0.25, 0.3) is 0 Å². The van der Waals surface area contributed by atoms with Gasteiger partial charge in [-0.05, 0) is 39.0 Å². The van der Waals surface area contributed by atoms with Gasteiger partial charge in [0.2, 0.25) is 5.91 Å². The van der Waals surface area contributed by atoms with Crippen LogP contribution in [-0.4, -0.2) is 23.9 Å². The number of halogens is 1. The van der Waals surface area contributed by atoms with Gasteiger partial charge in [0.05, 0.1) is 0 Å². The molecule has 2 amide bonds. The zero-order chi connectivity index (χ0) is 15.3. The van der Waals surface area contributed by atoms with Crippen LogP contribution in [0.1, 0.15) is 37.6 Å². The highest BCUT2D eigenvalue weighted by atomic mass is 79.9. The number of hydrogen-bond donors (Lipinski definition) is 3. The number of benzene rings is 1. The number of nitrogens with one attached hydrogen (secondary N) is 2. The molecule has 0 saturated heterocycles. The molecule has 4 N–H and O–H groups in total. The van der Waals surface area contributed by atoms with Gasteiger partial charge in [-0.1, -0.05) is 15.9 Å². The Labute approximate surface area is 127 Å². The van der Waals surface area contributed by atoms with E-state index in [9.17, 15) is 9.59 Å². The largest absolute Gasteiger partial charge is 0.399 e. The molecule has 5 nitrogen and oxygen atoms in total. The SMILES string of the molecule is CC(C)(C)NC(=O)CCNC(=O)c1cc(N)cc(Br)c1. The third-order valence-corrected chi connectivity index (χ3v) is 2.79. The quantitative estimate of drug-likeness (QED) is 0.733. The average molecular weight is 342 g/mol. The van der Waals surface area contributed by atoms with Crippen LogP contribution in [0.5, 0.6) is 0 Å². The monoisotopic (exact) mass is 341 g/mol. The van der Waals surface area contributed by atoms with Crippen molar-refractivity contribution >= 4 is 33.4 Å². The lowest BCUT2D eigenvalue weighted by molar-refractivity contribution is -0.122. The molecule has 0 aromatic heterocycles. The molecule has 0 spiro atoms. The molecule has 1 aromatic rings. The fourth-order valence-corrected chi connectivity index (χ4v) is 2.13. The number of nitrogen functional groups attached to an aromatic ring is 1. The number of carbonyl (C=O) groups excluding carboxylic acids is 2. The van der Waals surface area contributed by atoms with Gasteiger partial charge < -0.3 is 16.4 Å². The second-order valence-electron chi connectivity index (χ2n) is 5.58. The molecule has 0 aliphatic rings. The Morgan fingerprint density at radius 3 is 2.45 bits per heavy atom. The van der Waals surface area contributed by atoms with E-state index >= 15 is 0 Å². The van der Waals surface area contributed by atoms with Gasteiger partial charge in [0, 0.05) is 34.2 Å². The molecule has 0 radical (unpaired) electrons. The van der Waals surface area contributed by atoms with E-state index in [1.165, 1.54) is 0 Å². The van der Waals surface area contributed by atoms with E-state index in [0.29, 0.717) is 11.3 Å². The molecule has 0 saturated carbocycles. The lowest BCUT2D eigenvalue weighted by Crippen LogP contribution is -2.42. The second kappa shape index (κ2) is 6.74. The summed E-state index contributed by atoms with van der Waals surface area (Å²) in [5, 5.41) is 5.53. The number of nitrogens with two attached hydrogens (primary N) is 1. The Morgan fingerprint density at radius 2 is 1.90 bits per heavy atom. The Balaban J connectivity index is 2.46. The molecule has 1 rings (SSSR count). The minimum atomic E-state index is -0.264. The minimum absolute atomic E-state index is 0.0912. The molecule has 0 heterocycles. The van der Waals surface area contributed by atoms with Crippen molar-refractivity contribution in [2.75, 3.05) is 12.3 Å². The summed E-state index contributed by atoms with van der Waals surface area (Å²) >= 11 is 3.28. The molecular weight excluding hydrogens is 322 g/mol. The van der Waals surface area contributed by atoms with Gasteiger partial charge in [-0.25, -0.2) is 0 Å². The maximum atomic E-state index is 11.9. The molecule has 0 aliphatic heterocycles. The van der Waals surface area contributed by atoms with Gasteiger partial charge >= 0.3 is 0 Å². The molecule has 20 heavy (non-hydrogen) atoms. The van der Waals surface area contributed by atoms with Crippen LogP contribution >= 0.6 is 15.9 Å². The zero-order valence-corrected chi connectivity index (χ0v) is 13.5. The van der Waals surface area contributed by atoms with Crippen LogP contribution in [0.2, 0.25) is 0 Å². The van der Waals surface area contributed by atoms with Gasteiger partial charge in [0.25, 0.3) is 5.91 Å². The lowest BCUT2D eigenvalue weighted by atomic mass is 10.1. The topological polar surface area (TPSA) is 84.2 Å². The van der Waals surface area contributed by atoms with Gasteiger partial charge in [0.15, 0.2) is 0 Å². The summed E-state index contributed by atoms with van der Waals surface area (Å²) < 4.78 is 0.744. The van der Waals surface area contributed by atoms with E-state index in [1.807, 2.05) is 20.8 Å². The van der Waals surface area contributed by atoms with Crippen molar-refractivity contribution in [1.29, 1.82) is 0 Å². The zero-order valence-electron chi connectivity index (χ0n) is 11.9. The van der Waals surface area contributed by atoms with E-state index in [0.717, 1.165) is 4.47 Å². The number of rotatable bonds is 4. The fraction of sp³-hybridized carbons (Fsp3) is 0.429. The molecule has 1 aromatic carbocycles. The van der Waals surface area contributed by atoms with Gasteiger partial charge in [-0.15, -0.1) is 0 Å². The summed E-state index contributed by atoms with van der Waals surface area (Å²) in [4.78, 5) is 23.5. The van der Waals surface area contributed by atoms with Crippen LogP contribution in [0.3, 0.4) is 0 Å². The molecular formula is C14H20BrN3O2. The van der Waals surface area contributed by atoms with Gasteiger partial charge in [-0.2, -0.15) is 0 Å².